The van der Waals surface area contributed by atoms with Gasteiger partial charge in [0.05, 0.1) is 24.8 Å². The van der Waals surface area contributed by atoms with Crippen molar-refractivity contribution >= 4 is 0 Å². The standard InChI is InChI=1S/C14H17N3O/c1-17-9-16-8-13(17)12-4-2-3-11-10(7-15)5-6-18-14(11)12/h2-4,8-10H,5-7,15H2,1H3/t10-/m1/s1. The molecule has 0 fully saturated rings. The second kappa shape index (κ2) is 4.46. The van der Waals surface area contributed by atoms with Crippen LogP contribution in [0.1, 0.15) is 17.9 Å². The zero-order chi connectivity index (χ0) is 12.5. The first-order valence-electron chi connectivity index (χ1n) is 6.23. The lowest BCUT2D eigenvalue weighted by Gasteiger charge is -2.26. The van der Waals surface area contributed by atoms with Crippen LogP contribution in [0, 0.1) is 0 Å². The fourth-order valence-electron chi connectivity index (χ4n) is 2.56. The molecule has 0 amide bonds. The molecule has 94 valence electrons. The maximum atomic E-state index is 5.87. The van der Waals surface area contributed by atoms with E-state index >= 15 is 0 Å². The van der Waals surface area contributed by atoms with E-state index in [4.69, 9.17) is 10.5 Å². The van der Waals surface area contributed by atoms with Gasteiger partial charge in [-0.25, -0.2) is 4.98 Å². The van der Waals surface area contributed by atoms with Crippen molar-refractivity contribution in [1.82, 2.24) is 9.55 Å². The number of benzene rings is 1. The van der Waals surface area contributed by atoms with Crippen molar-refractivity contribution in [3.8, 4) is 17.0 Å². The summed E-state index contributed by atoms with van der Waals surface area (Å²) in [5, 5.41) is 0. The molecular formula is C14H17N3O. The topological polar surface area (TPSA) is 53.1 Å². The number of aromatic nitrogens is 2. The monoisotopic (exact) mass is 243 g/mol. The highest BCUT2D eigenvalue weighted by atomic mass is 16.5. The number of imidazole rings is 1. The van der Waals surface area contributed by atoms with Crippen LogP contribution >= 0.6 is 0 Å². The van der Waals surface area contributed by atoms with E-state index in [9.17, 15) is 0 Å². The Bertz CT molecular complexity index is 562. The van der Waals surface area contributed by atoms with Crippen molar-refractivity contribution < 1.29 is 4.74 Å². The average Bonchev–Trinajstić information content (AvgIpc) is 2.83. The van der Waals surface area contributed by atoms with Crippen LogP contribution in [-0.2, 0) is 7.05 Å². The van der Waals surface area contributed by atoms with Gasteiger partial charge in [0.2, 0.25) is 0 Å². The molecule has 1 aromatic heterocycles. The van der Waals surface area contributed by atoms with Gasteiger partial charge in [-0.3, -0.25) is 0 Å². The van der Waals surface area contributed by atoms with E-state index < -0.39 is 0 Å². The second-order valence-corrected chi connectivity index (χ2v) is 4.68. The number of ether oxygens (including phenoxy) is 1. The smallest absolute Gasteiger partial charge is 0.132 e. The molecule has 0 unspecified atom stereocenters. The Morgan fingerprint density at radius 1 is 1.50 bits per heavy atom. The van der Waals surface area contributed by atoms with Gasteiger partial charge in [0, 0.05) is 18.5 Å². The third-order valence-electron chi connectivity index (χ3n) is 3.58. The quantitative estimate of drug-likeness (QED) is 0.876. The Kier molecular flexibility index (Phi) is 2.80. The summed E-state index contributed by atoms with van der Waals surface area (Å²) in [5.74, 6) is 1.38. The van der Waals surface area contributed by atoms with Gasteiger partial charge < -0.3 is 15.0 Å². The van der Waals surface area contributed by atoms with Crippen molar-refractivity contribution in [3.05, 3.63) is 36.3 Å². The predicted molar refractivity (Wildman–Crippen MR) is 70.6 cm³/mol. The fraction of sp³-hybridized carbons (Fsp3) is 0.357. The van der Waals surface area contributed by atoms with Crippen LogP contribution < -0.4 is 10.5 Å². The number of hydrogen-bond donors (Lipinski definition) is 1. The molecule has 0 bridgehead atoms. The first kappa shape index (κ1) is 11.3. The zero-order valence-electron chi connectivity index (χ0n) is 10.5. The van der Waals surface area contributed by atoms with Gasteiger partial charge in [0.25, 0.3) is 0 Å². The number of nitrogens with two attached hydrogens (primary N) is 1. The van der Waals surface area contributed by atoms with Crippen molar-refractivity contribution in [1.29, 1.82) is 0 Å². The summed E-state index contributed by atoms with van der Waals surface area (Å²) in [7, 11) is 1.99. The molecule has 1 aliphatic rings. The summed E-state index contributed by atoms with van der Waals surface area (Å²) in [4.78, 5) is 4.17. The minimum absolute atomic E-state index is 0.405. The summed E-state index contributed by atoms with van der Waals surface area (Å²) in [6.45, 7) is 1.41. The number of hydrogen-bond acceptors (Lipinski definition) is 3. The van der Waals surface area contributed by atoms with Crippen molar-refractivity contribution in [3.63, 3.8) is 0 Å². The maximum Gasteiger partial charge on any atom is 0.132 e. The number of nitrogens with zero attached hydrogens (tertiary/aromatic N) is 2. The molecule has 1 aliphatic heterocycles. The van der Waals surface area contributed by atoms with Crippen LogP contribution in [0.2, 0.25) is 0 Å². The van der Waals surface area contributed by atoms with Crippen LogP contribution in [0.25, 0.3) is 11.3 Å². The molecular weight excluding hydrogens is 226 g/mol. The minimum atomic E-state index is 0.405. The molecule has 0 radical (unpaired) electrons. The molecule has 2 N–H and O–H groups in total. The second-order valence-electron chi connectivity index (χ2n) is 4.68. The molecule has 4 nitrogen and oxygen atoms in total. The van der Waals surface area contributed by atoms with Crippen molar-refractivity contribution in [2.24, 2.45) is 12.8 Å². The Hall–Kier alpha value is -1.81. The van der Waals surface area contributed by atoms with Crippen LogP contribution in [0.15, 0.2) is 30.7 Å². The van der Waals surface area contributed by atoms with E-state index in [1.54, 1.807) is 6.33 Å². The van der Waals surface area contributed by atoms with Gasteiger partial charge in [0.1, 0.15) is 5.75 Å². The molecule has 0 saturated carbocycles. The highest BCUT2D eigenvalue weighted by Crippen LogP contribution is 2.40. The van der Waals surface area contributed by atoms with Crippen LogP contribution in [0.3, 0.4) is 0 Å². The molecule has 1 aromatic carbocycles. The molecule has 2 aromatic rings. The fourth-order valence-corrected chi connectivity index (χ4v) is 2.56. The highest BCUT2D eigenvalue weighted by Gasteiger charge is 2.23. The average molecular weight is 243 g/mol. The number of fused-ring (bicyclic) bond motifs is 1. The third kappa shape index (κ3) is 1.69. The Morgan fingerprint density at radius 3 is 3.11 bits per heavy atom. The van der Waals surface area contributed by atoms with E-state index in [0.717, 1.165) is 30.0 Å². The van der Waals surface area contributed by atoms with Crippen molar-refractivity contribution in [2.75, 3.05) is 13.2 Å². The minimum Gasteiger partial charge on any atom is -0.493 e. The van der Waals surface area contributed by atoms with Gasteiger partial charge in [0.15, 0.2) is 0 Å². The van der Waals surface area contributed by atoms with Crippen LogP contribution in [-0.4, -0.2) is 22.7 Å². The van der Waals surface area contributed by atoms with Crippen LogP contribution in [0.4, 0.5) is 0 Å². The van der Waals surface area contributed by atoms with Gasteiger partial charge in [-0.15, -0.1) is 0 Å². The molecule has 4 heteroatoms. The summed E-state index contributed by atoms with van der Waals surface area (Å²) < 4.78 is 7.87. The van der Waals surface area contributed by atoms with Gasteiger partial charge in [-0.1, -0.05) is 12.1 Å². The lowest BCUT2D eigenvalue weighted by atomic mass is 9.91. The maximum absolute atomic E-state index is 5.87. The Morgan fingerprint density at radius 2 is 2.39 bits per heavy atom. The zero-order valence-corrected chi connectivity index (χ0v) is 10.5. The summed E-state index contributed by atoms with van der Waals surface area (Å²) >= 11 is 0. The van der Waals surface area contributed by atoms with Gasteiger partial charge >= 0.3 is 0 Å². The SMILES string of the molecule is Cn1cncc1-c1cccc2c1OCC[C@@H]2CN. The normalized spacial score (nSPS) is 18.2. The lowest BCUT2D eigenvalue weighted by Crippen LogP contribution is -2.21. The third-order valence-corrected chi connectivity index (χ3v) is 3.58. The van der Waals surface area contributed by atoms with Crippen LogP contribution in [0.5, 0.6) is 5.75 Å². The van der Waals surface area contributed by atoms with E-state index in [-0.39, 0.29) is 0 Å². The molecule has 3 rings (SSSR count). The summed E-state index contributed by atoms with van der Waals surface area (Å²) in [5.41, 5.74) is 9.24. The van der Waals surface area contributed by atoms with E-state index in [1.807, 2.05) is 17.8 Å². The van der Waals surface area contributed by atoms with Crippen molar-refractivity contribution in [2.45, 2.75) is 12.3 Å². The van der Waals surface area contributed by atoms with E-state index in [2.05, 4.69) is 23.2 Å². The molecule has 0 aliphatic carbocycles. The Balaban J connectivity index is 2.15. The molecule has 0 saturated heterocycles. The number of para-hydroxylation sites is 1. The first-order valence-corrected chi connectivity index (χ1v) is 6.23. The number of rotatable bonds is 2. The summed E-state index contributed by atoms with van der Waals surface area (Å²) in [6, 6.07) is 6.26. The highest BCUT2D eigenvalue weighted by molar-refractivity contribution is 5.70. The largest absolute Gasteiger partial charge is 0.493 e. The van der Waals surface area contributed by atoms with E-state index in [0.29, 0.717) is 12.5 Å². The Labute approximate surface area is 106 Å². The lowest BCUT2D eigenvalue weighted by molar-refractivity contribution is 0.270. The molecule has 18 heavy (non-hydrogen) atoms. The van der Waals surface area contributed by atoms with Gasteiger partial charge in [-0.05, 0) is 24.6 Å². The molecule has 1 atom stereocenters. The van der Waals surface area contributed by atoms with Gasteiger partial charge in [-0.2, -0.15) is 0 Å². The number of aryl methyl sites for hydroxylation is 1. The molecule has 2 heterocycles. The predicted octanol–water partition coefficient (Wildman–Crippen LogP) is 1.91. The van der Waals surface area contributed by atoms with E-state index in [1.165, 1.54) is 5.56 Å². The first-order chi connectivity index (χ1) is 8.81. The molecule has 0 spiro atoms. The summed E-state index contributed by atoms with van der Waals surface area (Å²) in [6.07, 6.45) is 4.67.